The van der Waals surface area contributed by atoms with Gasteiger partial charge in [-0.2, -0.15) is 17.5 Å². The van der Waals surface area contributed by atoms with Gasteiger partial charge in [-0.05, 0) is 53.9 Å². The van der Waals surface area contributed by atoms with Crippen LogP contribution in [0.15, 0.2) is 71.9 Å². The third-order valence-corrected chi connectivity index (χ3v) is 8.59. The van der Waals surface area contributed by atoms with Crippen LogP contribution in [0.2, 0.25) is 0 Å². The van der Waals surface area contributed by atoms with E-state index >= 15 is 0 Å². The van der Waals surface area contributed by atoms with Gasteiger partial charge in [0.2, 0.25) is 10.0 Å². The first-order valence-corrected chi connectivity index (χ1v) is 14.0. The molecule has 8 nitrogen and oxygen atoms in total. The van der Waals surface area contributed by atoms with Crippen molar-refractivity contribution in [2.24, 2.45) is 5.92 Å². The van der Waals surface area contributed by atoms with Gasteiger partial charge in [-0.15, -0.1) is 0 Å². The lowest BCUT2D eigenvalue weighted by molar-refractivity contribution is -0.137. The highest BCUT2D eigenvalue weighted by atomic mass is 32.2. The Labute approximate surface area is 230 Å². The monoisotopic (exact) mass is 571 g/mol. The molecule has 0 spiro atoms. The minimum atomic E-state index is -4.50. The highest BCUT2D eigenvalue weighted by Gasteiger charge is 2.31. The molecule has 1 aliphatic heterocycles. The SMILES string of the molecule is COc1ccc(CN(C)S(=O)(=O)c2ccc(Nc3ccc(C(F)(F)F)cn3)c(-c3cn4c(n3)CC(C)C4)c2)cc1. The predicted molar refractivity (Wildman–Crippen MR) is 145 cm³/mol. The number of methoxy groups -OCH3 is 1. The number of ether oxygens (including phenoxy) is 1. The molecule has 0 amide bonds. The van der Waals surface area contributed by atoms with E-state index in [1.165, 1.54) is 29.6 Å². The number of nitrogens with zero attached hydrogens (tertiary/aromatic N) is 4. The first-order valence-electron chi connectivity index (χ1n) is 12.5. The number of aromatic nitrogens is 3. The van der Waals surface area contributed by atoms with Gasteiger partial charge in [-0.3, -0.25) is 0 Å². The zero-order valence-electron chi connectivity index (χ0n) is 22.1. The van der Waals surface area contributed by atoms with E-state index in [0.717, 1.165) is 36.6 Å². The zero-order valence-corrected chi connectivity index (χ0v) is 22.9. The van der Waals surface area contributed by atoms with E-state index in [-0.39, 0.29) is 17.3 Å². The van der Waals surface area contributed by atoms with Gasteiger partial charge in [-0.25, -0.2) is 18.4 Å². The molecule has 210 valence electrons. The molecule has 2 aromatic heterocycles. The molecule has 0 radical (unpaired) electrons. The first-order chi connectivity index (χ1) is 18.9. The molecule has 0 fully saturated rings. The van der Waals surface area contributed by atoms with Crippen molar-refractivity contribution in [3.8, 4) is 17.0 Å². The number of hydrogen-bond donors (Lipinski definition) is 1. The average molecular weight is 572 g/mol. The number of nitrogens with one attached hydrogen (secondary N) is 1. The third kappa shape index (κ3) is 5.68. The van der Waals surface area contributed by atoms with Crippen LogP contribution in [0.4, 0.5) is 24.7 Å². The van der Waals surface area contributed by atoms with Crippen LogP contribution in [0.5, 0.6) is 5.75 Å². The number of hydrogen-bond acceptors (Lipinski definition) is 6. The Morgan fingerprint density at radius 1 is 1.12 bits per heavy atom. The van der Waals surface area contributed by atoms with Crippen LogP contribution in [-0.4, -0.2) is 41.4 Å². The number of imidazole rings is 1. The molecule has 40 heavy (non-hydrogen) atoms. The van der Waals surface area contributed by atoms with Crippen LogP contribution in [0.3, 0.4) is 0 Å². The van der Waals surface area contributed by atoms with E-state index < -0.39 is 21.8 Å². The summed E-state index contributed by atoms with van der Waals surface area (Å²) in [7, 11) is -0.835. The maximum atomic E-state index is 13.6. The first kappa shape index (κ1) is 27.7. The molecule has 0 saturated carbocycles. The molecule has 1 aliphatic rings. The van der Waals surface area contributed by atoms with Crippen molar-refractivity contribution in [3.05, 3.63) is 83.9 Å². The third-order valence-electron chi connectivity index (χ3n) is 6.79. The Kier molecular flexibility index (Phi) is 7.32. The van der Waals surface area contributed by atoms with Crippen LogP contribution in [0.1, 0.15) is 23.9 Å². The van der Waals surface area contributed by atoms with Crippen molar-refractivity contribution < 1.29 is 26.3 Å². The highest BCUT2D eigenvalue weighted by Crippen LogP contribution is 2.35. The molecular formula is C28H28F3N5O3S. The maximum Gasteiger partial charge on any atom is 0.417 e. The van der Waals surface area contributed by atoms with Gasteiger partial charge in [0, 0.05) is 50.2 Å². The number of pyridine rings is 1. The molecule has 12 heteroatoms. The summed E-state index contributed by atoms with van der Waals surface area (Å²) >= 11 is 0. The van der Waals surface area contributed by atoms with Gasteiger partial charge < -0.3 is 14.6 Å². The quantitative estimate of drug-likeness (QED) is 0.291. The number of fused-ring (bicyclic) bond motifs is 1. The highest BCUT2D eigenvalue weighted by molar-refractivity contribution is 7.89. The van der Waals surface area contributed by atoms with Crippen molar-refractivity contribution in [1.82, 2.24) is 18.8 Å². The summed E-state index contributed by atoms with van der Waals surface area (Å²) in [4.78, 5) is 8.71. The van der Waals surface area contributed by atoms with Gasteiger partial charge in [0.15, 0.2) is 0 Å². The second kappa shape index (κ2) is 10.6. The fourth-order valence-electron chi connectivity index (χ4n) is 4.65. The van der Waals surface area contributed by atoms with E-state index in [4.69, 9.17) is 9.72 Å². The van der Waals surface area contributed by atoms with Crippen LogP contribution < -0.4 is 10.1 Å². The largest absolute Gasteiger partial charge is 0.497 e. The van der Waals surface area contributed by atoms with Gasteiger partial charge in [-0.1, -0.05) is 19.1 Å². The summed E-state index contributed by atoms with van der Waals surface area (Å²) in [5, 5.41) is 3.03. The average Bonchev–Trinajstić information content (AvgIpc) is 3.46. The number of rotatable bonds is 8. The Morgan fingerprint density at radius 2 is 1.88 bits per heavy atom. The number of sulfonamides is 1. The number of benzene rings is 2. The number of alkyl halides is 3. The van der Waals surface area contributed by atoms with Crippen LogP contribution in [0.25, 0.3) is 11.3 Å². The van der Waals surface area contributed by atoms with Crippen molar-refractivity contribution in [2.75, 3.05) is 19.5 Å². The second-order valence-electron chi connectivity index (χ2n) is 9.88. The standard InChI is InChI=1S/C28H28F3N5O3S/c1-18-12-27-34-25(17-36(27)15-18)23-13-22(40(37,38)35(2)16-19-4-7-21(39-3)8-5-19)9-10-24(23)33-26-11-6-20(14-32-26)28(29,30)31/h4-11,13-14,17-18H,12,15-16H2,1-3H3,(H,32,33). The molecule has 5 rings (SSSR count). The normalized spacial score (nSPS) is 15.3. The zero-order chi connectivity index (χ0) is 28.7. The van der Waals surface area contributed by atoms with Crippen molar-refractivity contribution >= 4 is 21.5 Å². The maximum absolute atomic E-state index is 13.6. The molecule has 0 aliphatic carbocycles. The number of anilines is 2. The summed E-state index contributed by atoms with van der Waals surface area (Å²) in [6, 6.07) is 13.9. The lowest BCUT2D eigenvalue weighted by Gasteiger charge is -2.19. The smallest absolute Gasteiger partial charge is 0.417 e. The van der Waals surface area contributed by atoms with Crippen molar-refractivity contribution in [1.29, 1.82) is 0 Å². The van der Waals surface area contributed by atoms with Crippen LogP contribution in [0, 0.1) is 5.92 Å². The molecule has 3 heterocycles. The Morgan fingerprint density at radius 3 is 2.50 bits per heavy atom. The molecule has 4 aromatic rings. The molecule has 2 aromatic carbocycles. The fourth-order valence-corrected chi connectivity index (χ4v) is 5.83. The molecule has 1 atom stereocenters. The molecule has 0 bridgehead atoms. The van der Waals surface area contributed by atoms with Gasteiger partial charge >= 0.3 is 6.18 Å². The summed E-state index contributed by atoms with van der Waals surface area (Å²) in [6.45, 7) is 3.07. The molecular weight excluding hydrogens is 543 g/mol. The van der Waals surface area contributed by atoms with Crippen molar-refractivity contribution in [3.63, 3.8) is 0 Å². The van der Waals surface area contributed by atoms with E-state index in [1.54, 1.807) is 37.4 Å². The fraction of sp³-hybridized carbons (Fsp3) is 0.286. The van der Waals surface area contributed by atoms with Crippen molar-refractivity contribution in [2.45, 2.75) is 37.5 Å². The van der Waals surface area contributed by atoms with Crippen LogP contribution in [-0.2, 0) is 35.7 Å². The van der Waals surface area contributed by atoms with E-state index in [2.05, 4.69) is 17.2 Å². The summed E-state index contributed by atoms with van der Waals surface area (Å²) in [5.41, 5.74) is 1.45. The molecule has 1 unspecified atom stereocenters. The van der Waals surface area contributed by atoms with Crippen LogP contribution >= 0.6 is 0 Å². The number of halogens is 3. The molecule has 1 N–H and O–H groups in total. The summed E-state index contributed by atoms with van der Waals surface area (Å²) in [5.74, 6) is 2.20. The van der Waals surface area contributed by atoms with Gasteiger partial charge in [0.1, 0.15) is 17.4 Å². The topological polar surface area (TPSA) is 89.4 Å². The Bertz CT molecular complexity index is 1600. The Balaban J connectivity index is 1.48. The lowest BCUT2D eigenvalue weighted by atomic mass is 10.1. The second-order valence-corrected chi connectivity index (χ2v) is 11.9. The van der Waals surface area contributed by atoms with Gasteiger partial charge in [0.25, 0.3) is 0 Å². The molecule has 0 saturated heterocycles. The lowest BCUT2D eigenvalue weighted by Crippen LogP contribution is -2.26. The van der Waals surface area contributed by atoms with E-state index in [9.17, 15) is 21.6 Å². The van der Waals surface area contributed by atoms with Gasteiger partial charge in [0.05, 0.1) is 23.3 Å². The summed E-state index contributed by atoms with van der Waals surface area (Å²) < 4.78 is 74.6. The Hall–Kier alpha value is -3.90. The summed E-state index contributed by atoms with van der Waals surface area (Å²) in [6.07, 6.45) is -1.08. The minimum absolute atomic E-state index is 0.0611. The predicted octanol–water partition coefficient (Wildman–Crippen LogP) is 5.73. The minimum Gasteiger partial charge on any atom is -0.497 e. The van der Waals surface area contributed by atoms with E-state index in [0.29, 0.717) is 28.6 Å². The van der Waals surface area contributed by atoms with E-state index in [1.807, 2.05) is 10.8 Å².